The van der Waals surface area contributed by atoms with Crippen LogP contribution in [0.3, 0.4) is 0 Å². The Hall–Kier alpha value is -2.22. The van der Waals surface area contributed by atoms with Crippen LogP contribution in [0.4, 0.5) is 0 Å². The number of hydrogen-bond donors (Lipinski definition) is 0. The van der Waals surface area contributed by atoms with Crippen LogP contribution in [-0.4, -0.2) is 25.5 Å². The van der Waals surface area contributed by atoms with Gasteiger partial charge in [0.05, 0.1) is 11.4 Å². The van der Waals surface area contributed by atoms with E-state index in [9.17, 15) is 0 Å². The van der Waals surface area contributed by atoms with Crippen molar-refractivity contribution < 1.29 is 0 Å². The van der Waals surface area contributed by atoms with Crippen molar-refractivity contribution >= 4 is 11.4 Å². The summed E-state index contributed by atoms with van der Waals surface area (Å²) in [6, 6.07) is 0. The fourth-order valence-electron chi connectivity index (χ4n) is 3.46. The van der Waals surface area contributed by atoms with Crippen LogP contribution >= 0.6 is 0 Å². The number of allylic oxidation sites excluding steroid dienone is 12. The van der Waals surface area contributed by atoms with Crippen molar-refractivity contribution in [1.82, 2.24) is 0 Å². The highest BCUT2D eigenvalue weighted by atomic mass is 14.8. The molecule has 0 amide bonds. The fourth-order valence-corrected chi connectivity index (χ4v) is 3.46. The molecule has 0 fully saturated rings. The Morgan fingerprint density at radius 1 is 0.781 bits per heavy atom. The van der Waals surface area contributed by atoms with Gasteiger partial charge < -0.3 is 0 Å². The second kappa shape index (κ2) is 11.1. The molecule has 176 valence electrons. The summed E-state index contributed by atoms with van der Waals surface area (Å²) >= 11 is 0. The molecule has 2 nitrogen and oxygen atoms in total. The van der Waals surface area contributed by atoms with Crippen molar-refractivity contribution in [1.29, 1.82) is 0 Å². The summed E-state index contributed by atoms with van der Waals surface area (Å²) < 4.78 is 0. The Kier molecular flexibility index (Phi) is 9.63. The minimum atomic E-state index is 0.164. The van der Waals surface area contributed by atoms with Gasteiger partial charge in [0.1, 0.15) is 0 Å². The average Bonchev–Trinajstić information content (AvgIpc) is 2.73. The minimum Gasteiger partial charge on any atom is -0.286 e. The van der Waals surface area contributed by atoms with Gasteiger partial charge in [-0.2, -0.15) is 0 Å². The predicted molar refractivity (Wildman–Crippen MR) is 146 cm³/mol. The second-order valence-corrected chi connectivity index (χ2v) is 10.6. The lowest BCUT2D eigenvalue weighted by molar-refractivity contribution is 0.429. The molecule has 0 aromatic carbocycles. The number of aliphatic imine (C=N–C) groups is 2. The molecule has 0 aliphatic heterocycles. The standard InChI is InChI=1S/C30H46N2/c1-14-30(10,11)24(6)18-15-20(2)25-19-22(4)26(28(32-13)27(25)31-12)21(3)16-17-23(5)29(7,8)9/h15-19H,14H2,1-13H3/b20-15+,21-16+,23-17+,24-18+,31-27?,32-28?. The van der Waals surface area contributed by atoms with Crippen molar-refractivity contribution in [2.45, 2.75) is 82.6 Å². The summed E-state index contributed by atoms with van der Waals surface area (Å²) in [5.74, 6) is 0. The van der Waals surface area contributed by atoms with Crippen molar-refractivity contribution in [3.05, 3.63) is 69.4 Å². The van der Waals surface area contributed by atoms with Gasteiger partial charge in [0.15, 0.2) is 0 Å². The third kappa shape index (κ3) is 6.64. The van der Waals surface area contributed by atoms with Crippen LogP contribution in [0.25, 0.3) is 0 Å². The molecule has 1 rings (SSSR count). The maximum absolute atomic E-state index is 4.69. The molecule has 0 bridgehead atoms. The largest absolute Gasteiger partial charge is 0.286 e. The first kappa shape index (κ1) is 27.8. The first-order valence-electron chi connectivity index (χ1n) is 11.8. The van der Waals surface area contributed by atoms with E-state index in [0.29, 0.717) is 0 Å². The lowest BCUT2D eigenvalue weighted by Gasteiger charge is -2.25. The van der Waals surface area contributed by atoms with Crippen LogP contribution in [0.15, 0.2) is 79.4 Å². The SMILES string of the molecule is CCC(C)(C)/C(C)=C/C=C(\C)C1=CC(C)=C(/C(C)=C/C=C(\C)C(C)(C)C)C(=NC)C1=NC. The Morgan fingerprint density at radius 3 is 1.75 bits per heavy atom. The Bertz CT molecular complexity index is 959. The Balaban J connectivity index is 3.57. The van der Waals surface area contributed by atoms with Crippen LogP contribution < -0.4 is 0 Å². The van der Waals surface area contributed by atoms with Crippen molar-refractivity contribution in [2.75, 3.05) is 14.1 Å². The molecule has 1 aliphatic carbocycles. The van der Waals surface area contributed by atoms with E-state index in [2.05, 4.69) is 112 Å². The van der Waals surface area contributed by atoms with Crippen LogP contribution in [0, 0.1) is 10.8 Å². The van der Waals surface area contributed by atoms with Crippen LogP contribution in [0.5, 0.6) is 0 Å². The van der Waals surface area contributed by atoms with E-state index in [1.807, 2.05) is 14.1 Å². The zero-order valence-electron chi connectivity index (χ0n) is 23.0. The lowest BCUT2D eigenvalue weighted by Crippen LogP contribution is -2.25. The average molecular weight is 435 g/mol. The van der Waals surface area contributed by atoms with E-state index in [4.69, 9.17) is 4.99 Å². The van der Waals surface area contributed by atoms with Gasteiger partial charge in [-0.1, -0.05) is 77.0 Å². The van der Waals surface area contributed by atoms with Crippen LogP contribution in [0.1, 0.15) is 82.6 Å². The quantitative estimate of drug-likeness (QED) is 0.295. The summed E-state index contributed by atoms with van der Waals surface area (Å²) in [5, 5.41) is 0. The molecule has 0 atom stereocenters. The first-order chi connectivity index (χ1) is 14.7. The number of hydrogen-bond acceptors (Lipinski definition) is 2. The molecule has 0 unspecified atom stereocenters. The summed E-state index contributed by atoms with van der Waals surface area (Å²) in [6.45, 7) is 24.5. The molecule has 0 saturated heterocycles. The van der Waals surface area contributed by atoms with Gasteiger partial charge in [-0.25, -0.2) is 0 Å². The molecule has 0 saturated carbocycles. The smallest absolute Gasteiger partial charge is 0.0906 e. The Morgan fingerprint density at radius 2 is 1.28 bits per heavy atom. The fraction of sp³-hybridized carbons (Fsp3) is 0.533. The highest BCUT2D eigenvalue weighted by molar-refractivity contribution is 6.56. The summed E-state index contributed by atoms with van der Waals surface area (Å²) in [6.07, 6.45) is 12.3. The zero-order valence-corrected chi connectivity index (χ0v) is 23.0. The van der Waals surface area contributed by atoms with Gasteiger partial charge in [0, 0.05) is 25.2 Å². The van der Waals surface area contributed by atoms with Crippen LogP contribution in [-0.2, 0) is 0 Å². The maximum Gasteiger partial charge on any atom is 0.0906 e. The number of nitrogens with zero attached hydrogens (tertiary/aromatic N) is 2. The third-order valence-electron chi connectivity index (χ3n) is 7.04. The van der Waals surface area contributed by atoms with Crippen molar-refractivity contribution in [2.24, 2.45) is 20.8 Å². The molecule has 0 heterocycles. The van der Waals surface area contributed by atoms with E-state index >= 15 is 0 Å². The van der Waals surface area contributed by atoms with E-state index in [0.717, 1.165) is 23.4 Å². The lowest BCUT2D eigenvalue weighted by atomic mass is 9.81. The van der Waals surface area contributed by atoms with E-state index in [-0.39, 0.29) is 10.8 Å². The van der Waals surface area contributed by atoms with Crippen molar-refractivity contribution in [3.8, 4) is 0 Å². The van der Waals surface area contributed by atoms with E-state index in [1.54, 1.807) is 0 Å². The van der Waals surface area contributed by atoms with Crippen molar-refractivity contribution in [3.63, 3.8) is 0 Å². The van der Waals surface area contributed by atoms with Gasteiger partial charge in [-0.05, 0) is 74.7 Å². The first-order valence-corrected chi connectivity index (χ1v) is 11.8. The molecule has 1 aliphatic rings. The Labute approximate surface area is 198 Å². The van der Waals surface area contributed by atoms with Gasteiger partial charge in [-0.15, -0.1) is 0 Å². The molecular formula is C30H46N2. The van der Waals surface area contributed by atoms with E-state index < -0.39 is 0 Å². The maximum atomic E-state index is 4.69. The molecular weight excluding hydrogens is 388 g/mol. The molecule has 0 aromatic heterocycles. The predicted octanol–water partition coefficient (Wildman–Crippen LogP) is 8.65. The highest BCUT2D eigenvalue weighted by Gasteiger charge is 2.25. The topological polar surface area (TPSA) is 24.7 Å². The van der Waals surface area contributed by atoms with E-state index in [1.165, 1.54) is 33.4 Å². The van der Waals surface area contributed by atoms with Gasteiger partial charge in [0.2, 0.25) is 0 Å². The minimum absolute atomic E-state index is 0.164. The summed E-state index contributed by atoms with van der Waals surface area (Å²) in [7, 11) is 3.73. The summed E-state index contributed by atoms with van der Waals surface area (Å²) in [5.41, 5.74) is 11.0. The highest BCUT2D eigenvalue weighted by Crippen LogP contribution is 2.32. The molecule has 32 heavy (non-hydrogen) atoms. The number of rotatable bonds is 6. The monoisotopic (exact) mass is 434 g/mol. The normalized spacial score (nSPS) is 20.5. The van der Waals surface area contributed by atoms with Crippen LogP contribution in [0.2, 0.25) is 0 Å². The zero-order chi connectivity index (χ0) is 24.9. The van der Waals surface area contributed by atoms with Gasteiger partial charge >= 0.3 is 0 Å². The molecule has 0 N–H and O–H groups in total. The third-order valence-corrected chi connectivity index (χ3v) is 7.04. The molecule has 0 radical (unpaired) electrons. The molecule has 0 spiro atoms. The second-order valence-electron chi connectivity index (χ2n) is 10.6. The summed E-state index contributed by atoms with van der Waals surface area (Å²) in [4.78, 5) is 9.37. The van der Waals surface area contributed by atoms with Gasteiger partial charge in [0.25, 0.3) is 0 Å². The molecule has 2 heteroatoms. The van der Waals surface area contributed by atoms with Gasteiger partial charge in [-0.3, -0.25) is 9.98 Å². The molecule has 0 aromatic rings.